The van der Waals surface area contributed by atoms with E-state index >= 15 is 0 Å². The molecule has 1 aromatic carbocycles. The van der Waals surface area contributed by atoms with Crippen molar-refractivity contribution in [3.63, 3.8) is 0 Å². The topological polar surface area (TPSA) is 85.0 Å². The minimum atomic E-state index is -0.228. The molecule has 1 aliphatic heterocycles. The number of hydrogen-bond acceptors (Lipinski definition) is 4. The third-order valence-corrected chi connectivity index (χ3v) is 4.87. The predicted molar refractivity (Wildman–Crippen MR) is 108 cm³/mol. The zero-order valence-electron chi connectivity index (χ0n) is 16.8. The van der Waals surface area contributed by atoms with Crippen molar-refractivity contribution < 1.29 is 14.4 Å². The molecule has 0 spiro atoms. The number of nitrogens with one attached hydrogen (secondary N) is 2. The van der Waals surface area contributed by atoms with Crippen molar-refractivity contribution in [2.75, 3.05) is 52.4 Å². The summed E-state index contributed by atoms with van der Waals surface area (Å²) in [4.78, 5) is 41.7. The van der Waals surface area contributed by atoms with Gasteiger partial charge in [-0.1, -0.05) is 30.3 Å². The Morgan fingerprint density at radius 3 is 2.21 bits per heavy atom. The van der Waals surface area contributed by atoms with E-state index in [9.17, 15) is 14.4 Å². The van der Waals surface area contributed by atoms with Crippen molar-refractivity contribution in [2.45, 2.75) is 20.4 Å². The van der Waals surface area contributed by atoms with E-state index in [0.717, 1.165) is 5.56 Å². The molecule has 2 rings (SSSR count). The molecule has 0 atom stereocenters. The maximum Gasteiger partial charge on any atom is 0.317 e. The Morgan fingerprint density at radius 2 is 1.61 bits per heavy atom. The summed E-state index contributed by atoms with van der Waals surface area (Å²) in [7, 11) is 0. The SMILES string of the molecule is CCN(CC)C(=O)CNC(=O)N1CCN(CC(=O)NCc2ccccc2)CC1. The lowest BCUT2D eigenvalue weighted by molar-refractivity contribution is -0.129. The first-order valence-corrected chi connectivity index (χ1v) is 9.87. The van der Waals surface area contributed by atoms with Crippen LogP contribution in [0.2, 0.25) is 0 Å². The quantitative estimate of drug-likeness (QED) is 0.678. The molecule has 8 nitrogen and oxygen atoms in total. The highest BCUT2D eigenvalue weighted by Gasteiger charge is 2.23. The third-order valence-electron chi connectivity index (χ3n) is 4.87. The number of benzene rings is 1. The number of nitrogens with zero attached hydrogens (tertiary/aromatic N) is 3. The van der Waals surface area contributed by atoms with Gasteiger partial charge < -0.3 is 20.4 Å². The fraction of sp³-hybridized carbons (Fsp3) is 0.550. The first kappa shape index (κ1) is 21.7. The molecule has 4 amide bonds. The van der Waals surface area contributed by atoms with Gasteiger partial charge in [-0.15, -0.1) is 0 Å². The summed E-state index contributed by atoms with van der Waals surface area (Å²) in [6.07, 6.45) is 0. The van der Waals surface area contributed by atoms with Gasteiger partial charge in [0.15, 0.2) is 0 Å². The molecule has 0 saturated carbocycles. The lowest BCUT2D eigenvalue weighted by Crippen LogP contribution is -2.54. The van der Waals surface area contributed by atoms with Gasteiger partial charge in [-0.3, -0.25) is 14.5 Å². The first-order valence-electron chi connectivity index (χ1n) is 9.87. The number of hydrogen-bond donors (Lipinski definition) is 2. The van der Waals surface area contributed by atoms with Crippen LogP contribution in [0.3, 0.4) is 0 Å². The van der Waals surface area contributed by atoms with E-state index < -0.39 is 0 Å². The zero-order valence-corrected chi connectivity index (χ0v) is 16.8. The Morgan fingerprint density at radius 1 is 0.964 bits per heavy atom. The van der Waals surface area contributed by atoms with Gasteiger partial charge in [-0.05, 0) is 19.4 Å². The number of rotatable bonds is 8. The van der Waals surface area contributed by atoms with Crippen molar-refractivity contribution in [1.29, 1.82) is 0 Å². The summed E-state index contributed by atoms with van der Waals surface area (Å²) >= 11 is 0. The molecule has 0 aliphatic carbocycles. The first-order chi connectivity index (χ1) is 13.5. The lowest BCUT2D eigenvalue weighted by atomic mass is 10.2. The summed E-state index contributed by atoms with van der Waals surface area (Å²) in [5.41, 5.74) is 1.07. The third kappa shape index (κ3) is 6.84. The predicted octanol–water partition coefficient (Wildman–Crippen LogP) is 0.498. The summed E-state index contributed by atoms with van der Waals surface area (Å²) in [5.74, 6) is -0.0985. The molecular formula is C20H31N5O3. The number of carbonyl (C=O) groups excluding carboxylic acids is 3. The highest BCUT2D eigenvalue weighted by atomic mass is 16.2. The molecule has 0 bridgehead atoms. The van der Waals surface area contributed by atoms with Crippen LogP contribution in [0.25, 0.3) is 0 Å². The highest BCUT2D eigenvalue weighted by Crippen LogP contribution is 2.02. The smallest absolute Gasteiger partial charge is 0.317 e. The van der Waals surface area contributed by atoms with Crippen LogP contribution in [0.15, 0.2) is 30.3 Å². The molecule has 1 fully saturated rings. The molecule has 0 radical (unpaired) electrons. The van der Waals surface area contributed by atoms with E-state index in [1.165, 1.54) is 0 Å². The Balaban J connectivity index is 1.65. The minimum absolute atomic E-state index is 0.0165. The van der Waals surface area contributed by atoms with Gasteiger partial charge >= 0.3 is 6.03 Å². The molecule has 1 heterocycles. The van der Waals surface area contributed by atoms with E-state index in [4.69, 9.17) is 0 Å². The number of piperazine rings is 1. The normalized spacial score (nSPS) is 14.4. The molecule has 154 valence electrons. The fourth-order valence-electron chi connectivity index (χ4n) is 3.12. The van der Waals surface area contributed by atoms with Crippen molar-refractivity contribution >= 4 is 17.8 Å². The minimum Gasteiger partial charge on any atom is -0.351 e. The van der Waals surface area contributed by atoms with E-state index in [0.29, 0.717) is 52.4 Å². The van der Waals surface area contributed by atoms with Crippen LogP contribution in [-0.4, -0.2) is 84.9 Å². The highest BCUT2D eigenvalue weighted by molar-refractivity contribution is 5.84. The second-order valence-electron chi connectivity index (χ2n) is 6.75. The van der Waals surface area contributed by atoms with Gasteiger partial charge in [0.2, 0.25) is 11.8 Å². The van der Waals surface area contributed by atoms with E-state index in [1.807, 2.05) is 49.1 Å². The van der Waals surface area contributed by atoms with E-state index in [-0.39, 0.29) is 24.4 Å². The van der Waals surface area contributed by atoms with Gasteiger partial charge in [0.25, 0.3) is 0 Å². The maximum atomic E-state index is 12.2. The Hall–Kier alpha value is -2.61. The second kappa shape index (κ2) is 11.3. The average Bonchev–Trinajstić information content (AvgIpc) is 2.72. The summed E-state index contributed by atoms with van der Waals surface area (Å²) in [6.45, 7) is 8.30. The van der Waals surface area contributed by atoms with E-state index in [1.54, 1.807) is 9.80 Å². The summed E-state index contributed by atoms with van der Waals surface area (Å²) in [6, 6.07) is 9.56. The number of likely N-dealkylation sites (N-methyl/N-ethyl adjacent to an activating group) is 1. The van der Waals surface area contributed by atoms with Gasteiger partial charge in [0.1, 0.15) is 0 Å². The van der Waals surface area contributed by atoms with Crippen LogP contribution in [-0.2, 0) is 16.1 Å². The van der Waals surface area contributed by atoms with Gasteiger partial charge in [0.05, 0.1) is 13.1 Å². The molecule has 1 saturated heterocycles. The molecule has 0 aromatic heterocycles. The summed E-state index contributed by atoms with van der Waals surface area (Å²) in [5, 5.41) is 5.61. The van der Waals surface area contributed by atoms with Crippen LogP contribution in [0.5, 0.6) is 0 Å². The molecule has 0 unspecified atom stereocenters. The van der Waals surface area contributed by atoms with Crippen LogP contribution < -0.4 is 10.6 Å². The molecular weight excluding hydrogens is 358 g/mol. The van der Waals surface area contributed by atoms with Crippen LogP contribution >= 0.6 is 0 Å². The molecule has 2 N–H and O–H groups in total. The lowest BCUT2D eigenvalue weighted by Gasteiger charge is -2.34. The van der Waals surface area contributed by atoms with Crippen molar-refractivity contribution in [1.82, 2.24) is 25.3 Å². The Kier molecular flexibility index (Phi) is 8.74. The molecule has 8 heteroatoms. The van der Waals surface area contributed by atoms with Crippen molar-refractivity contribution in [3.8, 4) is 0 Å². The maximum absolute atomic E-state index is 12.2. The number of amides is 4. The van der Waals surface area contributed by atoms with Gasteiger partial charge in [-0.2, -0.15) is 0 Å². The van der Waals surface area contributed by atoms with Gasteiger partial charge in [0, 0.05) is 45.8 Å². The standard InChI is InChI=1S/C20H31N5O3/c1-3-24(4-2)19(27)15-22-20(28)25-12-10-23(11-13-25)16-18(26)21-14-17-8-6-5-7-9-17/h5-9H,3-4,10-16H2,1-2H3,(H,21,26)(H,22,28). The van der Waals surface area contributed by atoms with Crippen LogP contribution in [0, 0.1) is 0 Å². The van der Waals surface area contributed by atoms with Crippen molar-refractivity contribution in [3.05, 3.63) is 35.9 Å². The largest absolute Gasteiger partial charge is 0.351 e. The van der Waals surface area contributed by atoms with Crippen molar-refractivity contribution in [2.24, 2.45) is 0 Å². The Labute approximate surface area is 166 Å². The van der Waals surface area contributed by atoms with Crippen LogP contribution in [0.4, 0.5) is 4.79 Å². The Bertz CT molecular complexity index is 641. The second-order valence-corrected chi connectivity index (χ2v) is 6.75. The summed E-state index contributed by atoms with van der Waals surface area (Å²) < 4.78 is 0. The van der Waals surface area contributed by atoms with Crippen LogP contribution in [0.1, 0.15) is 19.4 Å². The monoisotopic (exact) mass is 389 g/mol. The number of urea groups is 1. The van der Waals surface area contributed by atoms with Gasteiger partial charge in [-0.25, -0.2) is 4.79 Å². The molecule has 1 aliphatic rings. The van der Waals surface area contributed by atoms with E-state index in [2.05, 4.69) is 10.6 Å². The average molecular weight is 390 g/mol. The molecule has 28 heavy (non-hydrogen) atoms. The number of carbonyl (C=O) groups is 3. The zero-order chi connectivity index (χ0) is 20.4. The molecule has 1 aromatic rings. The fourth-order valence-corrected chi connectivity index (χ4v) is 3.12.